The van der Waals surface area contributed by atoms with Crippen molar-refractivity contribution >= 4 is 5.91 Å². The Morgan fingerprint density at radius 2 is 2.05 bits per heavy atom. The Morgan fingerprint density at radius 3 is 2.47 bits per heavy atom. The minimum atomic E-state index is -0.386. The fourth-order valence-corrected chi connectivity index (χ4v) is 1.50. The number of hydrogen-bond acceptors (Lipinski definition) is 3. The van der Waals surface area contributed by atoms with Crippen LogP contribution in [0.25, 0.3) is 0 Å². The van der Waals surface area contributed by atoms with Gasteiger partial charge in [-0.15, -0.1) is 0 Å². The summed E-state index contributed by atoms with van der Waals surface area (Å²) in [5, 5.41) is 9.23. The van der Waals surface area contributed by atoms with E-state index in [0.717, 1.165) is 5.56 Å². The molecule has 108 valence electrons. The molecule has 4 nitrogen and oxygen atoms in total. The molecule has 0 aliphatic rings. The Labute approximate surface area is 116 Å². The molecule has 0 bridgehead atoms. The molecule has 1 aromatic heterocycles. The standard InChI is InChI=1S/C13H20N2O2.C2H6/c1-4-15(8-7-11(3)16)13(17)12-6-5-10(2)9-14-12;1-2/h5-6,9,11,16H,4,7-8H2,1-3H3;1-2H3. The molecular weight excluding hydrogens is 240 g/mol. The van der Waals surface area contributed by atoms with Gasteiger partial charge in [0.15, 0.2) is 0 Å². The number of aryl methyl sites for hydroxylation is 1. The number of nitrogens with zero attached hydrogens (tertiary/aromatic N) is 2. The quantitative estimate of drug-likeness (QED) is 0.891. The van der Waals surface area contributed by atoms with Crippen molar-refractivity contribution in [3.8, 4) is 0 Å². The highest BCUT2D eigenvalue weighted by molar-refractivity contribution is 5.92. The fraction of sp³-hybridized carbons (Fsp3) is 0.600. The molecule has 1 rings (SSSR count). The molecule has 0 saturated carbocycles. The highest BCUT2D eigenvalue weighted by atomic mass is 16.3. The van der Waals surface area contributed by atoms with Crippen LogP contribution in [0.4, 0.5) is 0 Å². The molecule has 1 amide bonds. The Morgan fingerprint density at radius 1 is 1.42 bits per heavy atom. The average molecular weight is 266 g/mol. The van der Waals surface area contributed by atoms with E-state index in [4.69, 9.17) is 0 Å². The second-order valence-electron chi connectivity index (χ2n) is 4.24. The van der Waals surface area contributed by atoms with E-state index < -0.39 is 0 Å². The van der Waals surface area contributed by atoms with Crippen molar-refractivity contribution < 1.29 is 9.90 Å². The molecule has 0 aliphatic carbocycles. The summed E-state index contributed by atoms with van der Waals surface area (Å²) in [6.45, 7) is 10.8. The summed E-state index contributed by atoms with van der Waals surface area (Å²) in [7, 11) is 0. The van der Waals surface area contributed by atoms with Gasteiger partial charge in [0.1, 0.15) is 5.69 Å². The second-order valence-corrected chi connectivity index (χ2v) is 4.24. The van der Waals surface area contributed by atoms with Gasteiger partial charge in [0, 0.05) is 19.3 Å². The normalized spacial score (nSPS) is 11.3. The van der Waals surface area contributed by atoms with Crippen LogP contribution in [0.5, 0.6) is 0 Å². The zero-order chi connectivity index (χ0) is 14.8. The lowest BCUT2D eigenvalue weighted by Gasteiger charge is -2.21. The van der Waals surface area contributed by atoms with Crippen molar-refractivity contribution in [3.63, 3.8) is 0 Å². The van der Waals surface area contributed by atoms with Crippen LogP contribution in [-0.2, 0) is 0 Å². The first-order valence-corrected chi connectivity index (χ1v) is 6.94. The number of aromatic nitrogens is 1. The Hall–Kier alpha value is -1.42. The van der Waals surface area contributed by atoms with Gasteiger partial charge in [-0.05, 0) is 38.8 Å². The molecule has 1 N–H and O–H groups in total. The zero-order valence-corrected chi connectivity index (χ0v) is 12.7. The Balaban J connectivity index is 0.00000154. The molecule has 0 radical (unpaired) electrons. The van der Waals surface area contributed by atoms with Crippen LogP contribution in [0, 0.1) is 6.92 Å². The molecule has 0 aromatic carbocycles. The number of amides is 1. The molecule has 1 aromatic rings. The highest BCUT2D eigenvalue weighted by Gasteiger charge is 2.15. The predicted octanol–water partition coefficient (Wildman–Crippen LogP) is 2.65. The lowest BCUT2D eigenvalue weighted by atomic mass is 10.2. The number of hydrogen-bond donors (Lipinski definition) is 1. The number of pyridine rings is 1. The minimum Gasteiger partial charge on any atom is -0.393 e. The van der Waals surface area contributed by atoms with Crippen molar-refractivity contribution in [2.75, 3.05) is 13.1 Å². The van der Waals surface area contributed by atoms with Gasteiger partial charge in [-0.3, -0.25) is 9.78 Å². The topological polar surface area (TPSA) is 53.4 Å². The van der Waals surface area contributed by atoms with E-state index in [0.29, 0.717) is 25.2 Å². The van der Waals surface area contributed by atoms with Gasteiger partial charge in [-0.1, -0.05) is 19.9 Å². The van der Waals surface area contributed by atoms with Gasteiger partial charge in [0.05, 0.1) is 6.10 Å². The molecule has 1 atom stereocenters. The number of aliphatic hydroxyl groups excluding tert-OH is 1. The summed E-state index contributed by atoms with van der Waals surface area (Å²) in [5.41, 5.74) is 1.50. The number of rotatable bonds is 5. The van der Waals surface area contributed by atoms with Gasteiger partial charge in [-0.2, -0.15) is 0 Å². The van der Waals surface area contributed by atoms with E-state index in [1.165, 1.54) is 0 Å². The van der Waals surface area contributed by atoms with E-state index in [9.17, 15) is 9.90 Å². The van der Waals surface area contributed by atoms with Crippen LogP contribution in [0.15, 0.2) is 18.3 Å². The van der Waals surface area contributed by atoms with Gasteiger partial charge in [-0.25, -0.2) is 0 Å². The maximum Gasteiger partial charge on any atom is 0.272 e. The molecule has 0 spiro atoms. The van der Waals surface area contributed by atoms with Crippen LogP contribution >= 0.6 is 0 Å². The maximum atomic E-state index is 12.1. The average Bonchev–Trinajstić information content (AvgIpc) is 2.42. The number of aliphatic hydroxyl groups is 1. The lowest BCUT2D eigenvalue weighted by Crippen LogP contribution is -2.33. The summed E-state index contributed by atoms with van der Waals surface area (Å²) in [6, 6.07) is 3.62. The Kier molecular flexibility index (Phi) is 8.79. The molecular formula is C15H26N2O2. The molecule has 4 heteroatoms. The molecule has 19 heavy (non-hydrogen) atoms. The van der Waals surface area contributed by atoms with Crippen LogP contribution in [0.1, 0.15) is 50.2 Å². The first kappa shape index (κ1) is 17.6. The lowest BCUT2D eigenvalue weighted by molar-refractivity contribution is 0.0729. The molecule has 0 fully saturated rings. The van der Waals surface area contributed by atoms with Crippen LogP contribution in [0.2, 0.25) is 0 Å². The SMILES string of the molecule is CC.CCN(CCC(C)O)C(=O)c1ccc(C)cn1. The first-order chi connectivity index (χ1) is 9.04. The third-order valence-electron chi connectivity index (χ3n) is 2.62. The first-order valence-electron chi connectivity index (χ1n) is 6.94. The second kappa shape index (κ2) is 9.50. The predicted molar refractivity (Wildman–Crippen MR) is 78.2 cm³/mol. The van der Waals surface area contributed by atoms with Gasteiger partial charge in [0.25, 0.3) is 5.91 Å². The molecule has 0 saturated heterocycles. The van der Waals surface area contributed by atoms with Crippen molar-refractivity contribution in [3.05, 3.63) is 29.6 Å². The van der Waals surface area contributed by atoms with E-state index in [1.54, 1.807) is 24.1 Å². The zero-order valence-electron chi connectivity index (χ0n) is 12.7. The summed E-state index contributed by atoms with van der Waals surface area (Å²) < 4.78 is 0. The molecule has 1 heterocycles. The van der Waals surface area contributed by atoms with Gasteiger partial charge in [0.2, 0.25) is 0 Å². The largest absolute Gasteiger partial charge is 0.393 e. The van der Waals surface area contributed by atoms with Crippen molar-refractivity contribution in [1.29, 1.82) is 0 Å². The smallest absolute Gasteiger partial charge is 0.272 e. The van der Waals surface area contributed by atoms with E-state index in [-0.39, 0.29) is 12.0 Å². The van der Waals surface area contributed by atoms with Crippen LogP contribution < -0.4 is 0 Å². The van der Waals surface area contributed by atoms with E-state index >= 15 is 0 Å². The van der Waals surface area contributed by atoms with Crippen molar-refractivity contribution in [1.82, 2.24) is 9.88 Å². The third kappa shape index (κ3) is 6.34. The minimum absolute atomic E-state index is 0.0758. The van der Waals surface area contributed by atoms with Crippen molar-refractivity contribution in [2.24, 2.45) is 0 Å². The van der Waals surface area contributed by atoms with E-state index in [2.05, 4.69) is 4.98 Å². The summed E-state index contributed by atoms with van der Waals surface area (Å²) >= 11 is 0. The number of carbonyl (C=O) groups is 1. The third-order valence-corrected chi connectivity index (χ3v) is 2.62. The summed E-state index contributed by atoms with van der Waals surface area (Å²) in [5.74, 6) is -0.0758. The van der Waals surface area contributed by atoms with Crippen LogP contribution in [-0.4, -0.2) is 40.1 Å². The monoisotopic (exact) mass is 266 g/mol. The Bertz CT molecular complexity index is 361. The fourth-order valence-electron chi connectivity index (χ4n) is 1.50. The van der Waals surface area contributed by atoms with Crippen LogP contribution in [0.3, 0.4) is 0 Å². The highest BCUT2D eigenvalue weighted by Crippen LogP contribution is 2.05. The van der Waals surface area contributed by atoms with Gasteiger partial charge >= 0.3 is 0 Å². The maximum absolute atomic E-state index is 12.1. The summed E-state index contributed by atoms with van der Waals surface area (Å²) in [6.07, 6.45) is 1.89. The number of carbonyl (C=O) groups excluding carboxylic acids is 1. The molecule has 1 unspecified atom stereocenters. The van der Waals surface area contributed by atoms with E-state index in [1.807, 2.05) is 33.8 Å². The van der Waals surface area contributed by atoms with Gasteiger partial charge < -0.3 is 10.0 Å². The van der Waals surface area contributed by atoms with Crippen molar-refractivity contribution in [2.45, 2.75) is 47.1 Å². The molecule has 0 aliphatic heterocycles. The summed E-state index contributed by atoms with van der Waals surface area (Å²) in [4.78, 5) is 17.9.